The number of benzene rings is 1. The molecule has 0 radical (unpaired) electrons. The van der Waals surface area contributed by atoms with Gasteiger partial charge in [-0.2, -0.15) is 0 Å². The summed E-state index contributed by atoms with van der Waals surface area (Å²) in [7, 11) is 0. The molecule has 0 saturated heterocycles. The highest BCUT2D eigenvalue weighted by atomic mass is 16.5. The van der Waals surface area contributed by atoms with Crippen LogP contribution in [0.15, 0.2) is 18.2 Å². The molecule has 1 aromatic rings. The molecule has 0 fully saturated rings. The number of hydrogen-bond acceptors (Lipinski definition) is 3. The summed E-state index contributed by atoms with van der Waals surface area (Å²) in [5.74, 6) is 5.58. The van der Waals surface area contributed by atoms with Crippen molar-refractivity contribution in [2.75, 3.05) is 13.2 Å². The molecule has 0 saturated carbocycles. The maximum atomic E-state index is 11.1. The third-order valence-corrected chi connectivity index (χ3v) is 2.51. The van der Waals surface area contributed by atoms with Crippen molar-refractivity contribution in [2.45, 2.75) is 19.8 Å². The minimum atomic E-state index is -0.499. The SMILES string of the molecule is CCOC(=O)C#Cc1cccc2c1OCCC2. The van der Waals surface area contributed by atoms with Crippen LogP contribution in [0, 0.1) is 11.8 Å². The van der Waals surface area contributed by atoms with Gasteiger partial charge in [0.25, 0.3) is 0 Å². The normalized spacial score (nSPS) is 12.8. The minimum Gasteiger partial charge on any atom is -0.492 e. The molecule has 1 aromatic carbocycles. The number of ether oxygens (including phenoxy) is 2. The second kappa shape index (κ2) is 5.40. The third-order valence-electron chi connectivity index (χ3n) is 2.51. The number of fused-ring (bicyclic) bond motifs is 1. The Kier molecular flexibility index (Phi) is 3.66. The first-order chi connectivity index (χ1) is 8.31. The van der Waals surface area contributed by atoms with Crippen LogP contribution in [0.5, 0.6) is 5.75 Å². The van der Waals surface area contributed by atoms with Crippen LogP contribution >= 0.6 is 0 Å². The molecule has 3 nitrogen and oxygen atoms in total. The molecule has 0 bridgehead atoms. The van der Waals surface area contributed by atoms with Crippen LogP contribution in [0.3, 0.4) is 0 Å². The zero-order chi connectivity index (χ0) is 12.1. The van der Waals surface area contributed by atoms with Gasteiger partial charge >= 0.3 is 5.97 Å². The molecular weight excluding hydrogens is 216 g/mol. The summed E-state index contributed by atoms with van der Waals surface area (Å²) in [5, 5.41) is 0. The van der Waals surface area contributed by atoms with Crippen molar-refractivity contribution in [2.24, 2.45) is 0 Å². The van der Waals surface area contributed by atoms with Crippen molar-refractivity contribution in [3.63, 3.8) is 0 Å². The van der Waals surface area contributed by atoms with E-state index in [1.54, 1.807) is 6.92 Å². The van der Waals surface area contributed by atoms with Gasteiger partial charge in [-0.1, -0.05) is 18.1 Å². The molecule has 1 aliphatic heterocycles. The van der Waals surface area contributed by atoms with Crippen LogP contribution in [0.1, 0.15) is 24.5 Å². The van der Waals surface area contributed by atoms with Gasteiger partial charge in [-0.25, -0.2) is 4.79 Å². The maximum absolute atomic E-state index is 11.1. The second-order valence-electron chi connectivity index (χ2n) is 3.72. The highest BCUT2D eigenvalue weighted by Crippen LogP contribution is 2.28. The predicted octanol–water partition coefficient (Wildman–Crippen LogP) is 1.93. The molecule has 0 aromatic heterocycles. The molecular formula is C14H14O3. The molecule has 88 valence electrons. The Morgan fingerprint density at radius 1 is 1.53 bits per heavy atom. The lowest BCUT2D eigenvalue weighted by Crippen LogP contribution is -2.09. The van der Waals surface area contributed by atoms with Gasteiger partial charge in [0.2, 0.25) is 0 Å². The fourth-order valence-corrected chi connectivity index (χ4v) is 1.77. The molecule has 1 heterocycles. The fourth-order valence-electron chi connectivity index (χ4n) is 1.77. The Balaban J connectivity index is 2.24. The van der Waals surface area contributed by atoms with Gasteiger partial charge in [-0.05, 0) is 31.4 Å². The zero-order valence-electron chi connectivity index (χ0n) is 9.79. The average molecular weight is 230 g/mol. The third kappa shape index (κ3) is 2.79. The van der Waals surface area contributed by atoms with E-state index < -0.39 is 5.97 Å². The topological polar surface area (TPSA) is 35.5 Å². The molecule has 3 heteroatoms. The molecule has 0 amide bonds. The van der Waals surface area contributed by atoms with E-state index in [0.717, 1.165) is 29.7 Å². The van der Waals surface area contributed by atoms with Crippen LogP contribution < -0.4 is 4.74 Å². The summed E-state index contributed by atoms with van der Waals surface area (Å²) in [6.07, 6.45) is 2.03. The summed E-state index contributed by atoms with van der Waals surface area (Å²) in [5.41, 5.74) is 1.92. The number of hydrogen-bond donors (Lipinski definition) is 0. The van der Waals surface area contributed by atoms with Gasteiger partial charge in [0.05, 0.1) is 18.8 Å². The van der Waals surface area contributed by atoms with E-state index in [9.17, 15) is 4.79 Å². The predicted molar refractivity (Wildman–Crippen MR) is 63.8 cm³/mol. The van der Waals surface area contributed by atoms with E-state index in [-0.39, 0.29) is 0 Å². The van der Waals surface area contributed by atoms with Gasteiger partial charge < -0.3 is 9.47 Å². The Hall–Kier alpha value is -1.95. The van der Waals surface area contributed by atoms with Crippen LogP contribution in [-0.2, 0) is 16.0 Å². The first-order valence-corrected chi connectivity index (χ1v) is 5.74. The molecule has 2 rings (SSSR count). The molecule has 0 aliphatic carbocycles. The number of carbonyl (C=O) groups is 1. The van der Waals surface area contributed by atoms with Crippen molar-refractivity contribution in [1.29, 1.82) is 0 Å². The summed E-state index contributed by atoms with van der Waals surface area (Å²) >= 11 is 0. The second-order valence-corrected chi connectivity index (χ2v) is 3.72. The van der Waals surface area contributed by atoms with Gasteiger partial charge in [0.15, 0.2) is 0 Å². The van der Waals surface area contributed by atoms with Crippen LogP contribution in [0.2, 0.25) is 0 Å². The van der Waals surface area contributed by atoms with E-state index in [1.807, 2.05) is 18.2 Å². The standard InChI is InChI=1S/C14H14O3/c1-2-16-13(15)9-8-12-6-3-5-11-7-4-10-17-14(11)12/h3,5-6H,2,4,7,10H2,1H3. The molecule has 17 heavy (non-hydrogen) atoms. The summed E-state index contributed by atoms with van der Waals surface area (Å²) < 4.78 is 10.3. The molecule has 0 unspecified atom stereocenters. The van der Waals surface area contributed by atoms with Crippen molar-refractivity contribution >= 4 is 5.97 Å². The molecule has 1 aliphatic rings. The van der Waals surface area contributed by atoms with Crippen molar-refractivity contribution in [3.05, 3.63) is 29.3 Å². The highest BCUT2D eigenvalue weighted by molar-refractivity contribution is 5.89. The van der Waals surface area contributed by atoms with Gasteiger partial charge in [0, 0.05) is 5.92 Å². The van der Waals surface area contributed by atoms with Crippen molar-refractivity contribution < 1.29 is 14.3 Å². The number of para-hydroxylation sites is 1. The maximum Gasteiger partial charge on any atom is 0.384 e. The van der Waals surface area contributed by atoms with E-state index in [4.69, 9.17) is 9.47 Å². The summed E-state index contributed by atoms with van der Waals surface area (Å²) in [4.78, 5) is 11.1. The Bertz CT molecular complexity index is 480. The summed E-state index contributed by atoms with van der Waals surface area (Å²) in [6.45, 7) is 2.81. The average Bonchev–Trinajstić information content (AvgIpc) is 2.36. The molecule has 0 N–H and O–H groups in total. The smallest absolute Gasteiger partial charge is 0.384 e. The van der Waals surface area contributed by atoms with Gasteiger partial charge in [0.1, 0.15) is 5.75 Å². The first kappa shape index (κ1) is 11.5. The lowest BCUT2D eigenvalue weighted by atomic mass is 10.0. The number of esters is 1. The highest BCUT2D eigenvalue weighted by Gasteiger charge is 2.12. The molecule has 0 spiro atoms. The van der Waals surface area contributed by atoms with Crippen LogP contribution in [-0.4, -0.2) is 19.2 Å². The van der Waals surface area contributed by atoms with Crippen LogP contribution in [0.25, 0.3) is 0 Å². The van der Waals surface area contributed by atoms with Crippen molar-refractivity contribution in [1.82, 2.24) is 0 Å². The van der Waals surface area contributed by atoms with Crippen LogP contribution in [0.4, 0.5) is 0 Å². The lowest BCUT2D eigenvalue weighted by Gasteiger charge is -2.18. The summed E-state index contributed by atoms with van der Waals surface area (Å²) in [6, 6.07) is 5.82. The Labute approximate surface area is 101 Å². The van der Waals surface area contributed by atoms with Crippen molar-refractivity contribution in [3.8, 4) is 17.6 Å². The first-order valence-electron chi connectivity index (χ1n) is 5.74. The zero-order valence-corrected chi connectivity index (χ0v) is 9.79. The van der Waals surface area contributed by atoms with E-state index >= 15 is 0 Å². The number of carbonyl (C=O) groups excluding carboxylic acids is 1. The minimum absolute atomic E-state index is 0.344. The van der Waals surface area contributed by atoms with E-state index in [1.165, 1.54) is 0 Å². The van der Waals surface area contributed by atoms with E-state index in [0.29, 0.717) is 13.2 Å². The van der Waals surface area contributed by atoms with E-state index in [2.05, 4.69) is 11.8 Å². The lowest BCUT2D eigenvalue weighted by molar-refractivity contribution is -0.136. The number of aryl methyl sites for hydroxylation is 1. The Morgan fingerprint density at radius 2 is 2.41 bits per heavy atom. The number of rotatable bonds is 1. The fraction of sp³-hybridized carbons (Fsp3) is 0.357. The van der Waals surface area contributed by atoms with Gasteiger partial charge in [-0.15, -0.1) is 0 Å². The quantitative estimate of drug-likeness (QED) is 0.546. The largest absolute Gasteiger partial charge is 0.492 e. The monoisotopic (exact) mass is 230 g/mol. The molecule has 0 atom stereocenters. The Morgan fingerprint density at radius 3 is 3.24 bits per heavy atom. The van der Waals surface area contributed by atoms with Gasteiger partial charge in [-0.3, -0.25) is 0 Å².